The molecule has 1 aromatic heterocycles. The van der Waals surface area contributed by atoms with Crippen LogP contribution in [0.3, 0.4) is 0 Å². The third-order valence-corrected chi connectivity index (χ3v) is 6.31. The summed E-state index contributed by atoms with van der Waals surface area (Å²) in [6.07, 6.45) is 1.31. The van der Waals surface area contributed by atoms with Gasteiger partial charge in [-0.3, -0.25) is 14.7 Å². The molecular formula is C20H35N5O6S. The minimum absolute atomic E-state index is 0.144. The second-order valence-corrected chi connectivity index (χ2v) is 10.6. The number of carbonyl (C=O) groups excluding carboxylic acids is 1. The van der Waals surface area contributed by atoms with Crippen molar-refractivity contribution in [3.05, 3.63) is 30.1 Å². The predicted octanol–water partition coefficient (Wildman–Crippen LogP) is 0.772. The molecule has 4 N–H and O–H groups in total. The topological polar surface area (TPSA) is 152 Å². The molecule has 0 saturated carbocycles. The first-order chi connectivity index (χ1) is 14.8. The third kappa shape index (κ3) is 8.69. The lowest BCUT2D eigenvalue weighted by atomic mass is 9.95. The fourth-order valence-corrected chi connectivity index (χ4v) is 3.79. The maximum absolute atomic E-state index is 12.6. The number of aliphatic hydroxyl groups excluding tert-OH is 1. The zero-order chi connectivity index (χ0) is 24.5. The van der Waals surface area contributed by atoms with Gasteiger partial charge in [0.2, 0.25) is 0 Å². The number of aliphatic hydroxyl groups is 1. The molecule has 11 nitrogen and oxygen atoms in total. The van der Waals surface area contributed by atoms with Gasteiger partial charge in [0.25, 0.3) is 16.1 Å². The molecule has 12 heteroatoms. The van der Waals surface area contributed by atoms with Crippen LogP contribution in [0.15, 0.2) is 24.5 Å². The number of carboxylic acid groups (broad SMARTS) is 1. The average molecular weight is 474 g/mol. The maximum atomic E-state index is 12.6. The molecule has 0 fully saturated rings. The van der Waals surface area contributed by atoms with E-state index in [2.05, 4.69) is 15.0 Å². The summed E-state index contributed by atoms with van der Waals surface area (Å²) in [6, 6.07) is 2.48. The Morgan fingerprint density at radius 2 is 1.88 bits per heavy atom. The Bertz CT molecular complexity index is 842. The molecule has 182 valence electrons. The number of carbonyl (C=O) groups is 2. The summed E-state index contributed by atoms with van der Waals surface area (Å²) in [6.45, 7) is 5.34. The number of nitrogens with zero attached hydrogens (tertiary/aromatic N) is 3. The Morgan fingerprint density at radius 1 is 1.22 bits per heavy atom. The molecule has 1 unspecified atom stereocenters. The molecule has 0 spiro atoms. The van der Waals surface area contributed by atoms with Crippen molar-refractivity contribution in [2.45, 2.75) is 64.3 Å². The van der Waals surface area contributed by atoms with Gasteiger partial charge in [-0.1, -0.05) is 6.07 Å². The first-order valence-corrected chi connectivity index (χ1v) is 11.8. The fraction of sp³-hybridized carbons (Fsp3) is 0.650. The van der Waals surface area contributed by atoms with Crippen molar-refractivity contribution >= 4 is 22.2 Å². The number of nitrogens with one attached hydrogen (secondary N) is 2. The van der Waals surface area contributed by atoms with E-state index in [0.29, 0.717) is 12.8 Å². The molecule has 1 aromatic rings. The predicted molar refractivity (Wildman–Crippen MR) is 120 cm³/mol. The minimum atomic E-state index is -3.56. The van der Waals surface area contributed by atoms with Crippen molar-refractivity contribution < 1.29 is 28.2 Å². The van der Waals surface area contributed by atoms with Gasteiger partial charge in [0.05, 0.1) is 6.04 Å². The van der Waals surface area contributed by atoms with E-state index in [0.717, 1.165) is 14.8 Å². The van der Waals surface area contributed by atoms with Crippen LogP contribution in [0.25, 0.3) is 0 Å². The van der Waals surface area contributed by atoms with Crippen LogP contribution in [0.5, 0.6) is 0 Å². The molecule has 0 aliphatic carbocycles. The Kier molecular flexibility index (Phi) is 10.5. The van der Waals surface area contributed by atoms with Crippen LogP contribution in [-0.2, 0) is 21.5 Å². The standard InChI is InChI=1S/C20H35N5O6S/c1-20(2,3)25(19(28)29)16(10-6-7-12-23-32(30,31)24(4)5)17(26)18(27)22-14-15-9-8-11-21-13-15/h8-9,11,13,16-17,23,26H,6-7,10,12,14H2,1-5H3,(H,22,27)(H,28,29)/t16-,17?/m0/s1. The molecule has 0 bridgehead atoms. The Labute approximate surface area is 190 Å². The van der Waals surface area contributed by atoms with Crippen molar-refractivity contribution in [1.82, 2.24) is 24.2 Å². The lowest BCUT2D eigenvalue weighted by molar-refractivity contribution is -0.134. The quantitative estimate of drug-likeness (QED) is 0.327. The van der Waals surface area contributed by atoms with E-state index in [1.54, 1.807) is 45.3 Å². The monoisotopic (exact) mass is 473 g/mol. The van der Waals surface area contributed by atoms with E-state index >= 15 is 0 Å². The van der Waals surface area contributed by atoms with Gasteiger partial charge in [0, 0.05) is 45.1 Å². The molecule has 0 radical (unpaired) electrons. The van der Waals surface area contributed by atoms with Gasteiger partial charge in [-0.05, 0) is 51.7 Å². The molecular weight excluding hydrogens is 438 g/mol. The summed E-state index contributed by atoms with van der Waals surface area (Å²) in [4.78, 5) is 29.6. The number of hydrogen-bond donors (Lipinski definition) is 4. The molecule has 0 saturated heterocycles. The fourth-order valence-electron chi connectivity index (χ4n) is 3.13. The highest BCUT2D eigenvalue weighted by Crippen LogP contribution is 2.23. The third-order valence-electron chi connectivity index (χ3n) is 4.77. The molecule has 0 aromatic carbocycles. The van der Waals surface area contributed by atoms with Crippen molar-refractivity contribution in [2.75, 3.05) is 20.6 Å². The highest BCUT2D eigenvalue weighted by Gasteiger charge is 2.39. The number of pyridine rings is 1. The molecule has 2 atom stereocenters. The zero-order valence-corrected chi connectivity index (χ0v) is 20.1. The number of aromatic nitrogens is 1. The van der Waals surface area contributed by atoms with Gasteiger partial charge >= 0.3 is 6.09 Å². The summed E-state index contributed by atoms with van der Waals surface area (Å²) in [5.74, 6) is -0.692. The summed E-state index contributed by atoms with van der Waals surface area (Å²) in [7, 11) is -0.736. The number of unbranched alkanes of at least 4 members (excludes halogenated alkanes) is 1. The molecule has 0 aliphatic rings. The van der Waals surface area contributed by atoms with Gasteiger partial charge in [-0.15, -0.1) is 0 Å². The SMILES string of the molecule is CN(C)S(=O)(=O)NCCCC[C@@H](C(O)C(=O)NCc1cccnc1)N(C(=O)O)C(C)(C)C. The number of rotatable bonds is 12. The van der Waals surface area contributed by atoms with E-state index in [-0.39, 0.29) is 19.5 Å². The molecule has 1 heterocycles. The molecule has 2 amide bonds. The molecule has 32 heavy (non-hydrogen) atoms. The van der Waals surface area contributed by atoms with Gasteiger partial charge in [0.15, 0.2) is 6.10 Å². The van der Waals surface area contributed by atoms with Crippen LogP contribution in [0.2, 0.25) is 0 Å². The van der Waals surface area contributed by atoms with Crippen LogP contribution < -0.4 is 10.0 Å². The van der Waals surface area contributed by atoms with E-state index < -0.39 is 39.9 Å². The number of hydrogen-bond acceptors (Lipinski definition) is 6. The largest absolute Gasteiger partial charge is 0.465 e. The summed E-state index contributed by atoms with van der Waals surface area (Å²) in [5, 5.41) is 23.1. The van der Waals surface area contributed by atoms with Gasteiger partial charge < -0.3 is 15.5 Å². The lowest BCUT2D eigenvalue weighted by Crippen LogP contribution is -2.58. The van der Waals surface area contributed by atoms with E-state index in [4.69, 9.17) is 0 Å². The van der Waals surface area contributed by atoms with Crippen LogP contribution in [0, 0.1) is 0 Å². The highest BCUT2D eigenvalue weighted by molar-refractivity contribution is 7.87. The minimum Gasteiger partial charge on any atom is -0.465 e. The van der Waals surface area contributed by atoms with Crippen molar-refractivity contribution in [1.29, 1.82) is 0 Å². The highest BCUT2D eigenvalue weighted by atomic mass is 32.2. The Hall–Kier alpha value is -2.28. The Morgan fingerprint density at radius 3 is 2.38 bits per heavy atom. The maximum Gasteiger partial charge on any atom is 0.408 e. The summed E-state index contributed by atoms with van der Waals surface area (Å²) in [5.41, 5.74) is -0.128. The van der Waals surface area contributed by atoms with Crippen molar-refractivity contribution in [2.24, 2.45) is 0 Å². The Balaban J connectivity index is 2.85. The number of amides is 2. The normalized spacial score (nSPS) is 14.1. The van der Waals surface area contributed by atoms with Gasteiger partial charge in [-0.25, -0.2) is 9.52 Å². The van der Waals surface area contributed by atoms with Crippen molar-refractivity contribution in [3.63, 3.8) is 0 Å². The summed E-state index contributed by atoms with van der Waals surface area (Å²) < 4.78 is 27.0. The summed E-state index contributed by atoms with van der Waals surface area (Å²) >= 11 is 0. The first-order valence-electron chi connectivity index (χ1n) is 10.3. The van der Waals surface area contributed by atoms with Crippen LogP contribution >= 0.6 is 0 Å². The van der Waals surface area contributed by atoms with Crippen LogP contribution in [0.4, 0.5) is 4.79 Å². The van der Waals surface area contributed by atoms with E-state index in [1.807, 2.05) is 0 Å². The first kappa shape index (κ1) is 27.8. The second-order valence-electron chi connectivity index (χ2n) is 8.59. The second kappa shape index (κ2) is 12.1. The van der Waals surface area contributed by atoms with Crippen LogP contribution in [0.1, 0.15) is 45.6 Å². The van der Waals surface area contributed by atoms with Gasteiger partial charge in [0.1, 0.15) is 0 Å². The average Bonchev–Trinajstić information content (AvgIpc) is 2.69. The van der Waals surface area contributed by atoms with Crippen molar-refractivity contribution in [3.8, 4) is 0 Å². The van der Waals surface area contributed by atoms with E-state index in [1.165, 1.54) is 14.1 Å². The lowest BCUT2D eigenvalue weighted by Gasteiger charge is -2.41. The van der Waals surface area contributed by atoms with Gasteiger partial charge in [-0.2, -0.15) is 12.7 Å². The molecule has 0 aliphatic heterocycles. The molecule has 1 rings (SSSR count). The zero-order valence-electron chi connectivity index (χ0n) is 19.3. The van der Waals surface area contributed by atoms with E-state index in [9.17, 15) is 28.2 Å². The smallest absolute Gasteiger partial charge is 0.408 e. The van der Waals surface area contributed by atoms with Crippen LogP contribution in [-0.4, -0.2) is 83.1 Å².